The zero-order valence-corrected chi connectivity index (χ0v) is 19.2. The number of thiophene rings is 1. The molecule has 1 atom stereocenters. The van der Waals surface area contributed by atoms with Crippen molar-refractivity contribution in [3.63, 3.8) is 0 Å². The van der Waals surface area contributed by atoms with Crippen molar-refractivity contribution in [3.8, 4) is 5.75 Å². The van der Waals surface area contributed by atoms with E-state index < -0.39 is 0 Å². The summed E-state index contributed by atoms with van der Waals surface area (Å²) in [4.78, 5) is 18.1. The average molecular weight is 456 g/mol. The molecule has 1 unspecified atom stereocenters. The highest BCUT2D eigenvalue weighted by atomic mass is 32.1. The molecule has 0 bridgehead atoms. The molecule has 0 saturated carbocycles. The van der Waals surface area contributed by atoms with E-state index >= 15 is 0 Å². The quantitative estimate of drug-likeness (QED) is 0.283. The van der Waals surface area contributed by atoms with E-state index in [0.717, 1.165) is 35.6 Å². The van der Waals surface area contributed by atoms with Gasteiger partial charge in [0.15, 0.2) is 0 Å². The number of aryl methyl sites for hydroxylation is 1. The molecule has 2 heterocycles. The maximum Gasteiger partial charge on any atom is 0.261 e. The fourth-order valence-electron chi connectivity index (χ4n) is 4.07. The van der Waals surface area contributed by atoms with E-state index in [1.807, 2.05) is 60.8 Å². The van der Waals surface area contributed by atoms with Crippen LogP contribution in [0.25, 0.3) is 21.8 Å². The van der Waals surface area contributed by atoms with E-state index in [9.17, 15) is 4.79 Å². The van der Waals surface area contributed by atoms with Gasteiger partial charge in [-0.3, -0.25) is 4.79 Å². The van der Waals surface area contributed by atoms with Gasteiger partial charge >= 0.3 is 0 Å². The Balaban J connectivity index is 1.29. The summed E-state index contributed by atoms with van der Waals surface area (Å²) in [5.41, 5.74) is 2.00. The zero-order chi connectivity index (χ0) is 22.6. The lowest BCUT2D eigenvalue weighted by Crippen LogP contribution is -2.28. The number of rotatable bonds is 8. The molecule has 0 aliphatic carbocycles. The number of amides is 1. The first-order valence-electron chi connectivity index (χ1n) is 11.1. The van der Waals surface area contributed by atoms with Gasteiger partial charge in [0, 0.05) is 6.54 Å². The third-order valence-corrected chi connectivity index (χ3v) is 6.55. The summed E-state index contributed by atoms with van der Waals surface area (Å²) in [7, 11) is 0. The first-order valence-corrected chi connectivity index (χ1v) is 12.0. The number of benzene rings is 3. The number of carbonyl (C=O) groups is 1. The largest absolute Gasteiger partial charge is 0.494 e. The summed E-state index contributed by atoms with van der Waals surface area (Å²) in [5, 5.41) is 7.38. The van der Waals surface area contributed by atoms with Gasteiger partial charge in [0.05, 0.1) is 28.6 Å². The number of aromatic nitrogens is 2. The highest BCUT2D eigenvalue weighted by molar-refractivity contribution is 7.12. The minimum atomic E-state index is -0.214. The summed E-state index contributed by atoms with van der Waals surface area (Å²) >= 11 is 1.44. The summed E-state index contributed by atoms with van der Waals surface area (Å²) in [6.45, 7) is 3.33. The summed E-state index contributed by atoms with van der Waals surface area (Å²) < 4.78 is 8.23. The predicted molar refractivity (Wildman–Crippen MR) is 134 cm³/mol. The summed E-state index contributed by atoms with van der Waals surface area (Å²) in [6, 6.07) is 26.0. The molecule has 0 aliphatic heterocycles. The molecule has 1 amide bonds. The number of carbonyl (C=O) groups excluding carboxylic acids is 1. The van der Waals surface area contributed by atoms with Crippen LogP contribution in [0.1, 0.15) is 34.9 Å². The van der Waals surface area contributed by atoms with Gasteiger partial charge in [-0.05, 0) is 59.8 Å². The highest BCUT2D eigenvalue weighted by Gasteiger charge is 2.19. The SMILES string of the molecule is CC(NC(=O)c1cccs1)c1nc2ccccc2n1CCCOc1ccc2ccccc2c1. The van der Waals surface area contributed by atoms with E-state index in [0.29, 0.717) is 11.5 Å². The van der Waals surface area contributed by atoms with Crippen LogP contribution in [0.5, 0.6) is 5.75 Å². The van der Waals surface area contributed by atoms with Crippen molar-refractivity contribution < 1.29 is 9.53 Å². The first-order chi connectivity index (χ1) is 16.2. The van der Waals surface area contributed by atoms with Crippen LogP contribution in [-0.2, 0) is 6.54 Å². The van der Waals surface area contributed by atoms with Crippen LogP contribution in [-0.4, -0.2) is 22.1 Å². The minimum Gasteiger partial charge on any atom is -0.494 e. The molecule has 3 aromatic carbocycles. The molecule has 6 heteroatoms. The van der Waals surface area contributed by atoms with E-state index in [1.165, 1.54) is 22.1 Å². The molecule has 166 valence electrons. The van der Waals surface area contributed by atoms with Crippen LogP contribution in [0.4, 0.5) is 0 Å². The smallest absolute Gasteiger partial charge is 0.261 e. The predicted octanol–water partition coefficient (Wildman–Crippen LogP) is 6.21. The van der Waals surface area contributed by atoms with Crippen LogP contribution >= 0.6 is 11.3 Å². The lowest BCUT2D eigenvalue weighted by Gasteiger charge is -2.16. The fourth-order valence-corrected chi connectivity index (χ4v) is 4.70. The Bertz CT molecular complexity index is 1390. The topological polar surface area (TPSA) is 56.2 Å². The van der Waals surface area contributed by atoms with Crippen LogP contribution in [0.15, 0.2) is 84.2 Å². The second kappa shape index (κ2) is 9.46. The number of nitrogens with one attached hydrogen (secondary N) is 1. The lowest BCUT2D eigenvalue weighted by atomic mass is 10.1. The van der Waals surface area contributed by atoms with Crippen molar-refractivity contribution in [1.29, 1.82) is 0 Å². The van der Waals surface area contributed by atoms with Gasteiger partial charge in [-0.25, -0.2) is 4.98 Å². The maximum atomic E-state index is 12.6. The Morgan fingerprint density at radius 1 is 1.03 bits per heavy atom. The Hall–Kier alpha value is -3.64. The number of para-hydroxylation sites is 2. The second-order valence-electron chi connectivity index (χ2n) is 7.99. The molecule has 33 heavy (non-hydrogen) atoms. The van der Waals surface area contributed by atoms with Crippen molar-refractivity contribution >= 4 is 39.0 Å². The minimum absolute atomic E-state index is 0.0734. The second-order valence-corrected chi connectivity index (χ2v) is 8.94. The van der Waals surface area contributed by atoms with Gasteiger partial charge in [-0.2, -0.15) is 0 Å². The molecule has 0 fully saturated rings. The monoisotopic (exact) mass is 455 g/mol. The third kappa shape index (κ3) is 4.61. The van der Waals surface area contributed by atoms with Crippen LogP contribution in [0.3, 0.4) is 0 Å². The Kier molecular flexibility index (Phi) is 6.09. The van der Waals surface area contributed by atoms with Crippen molar-refractivity contribution in [2.75, 3.05) is 6.61 Å². The van der Waals surface area contributed by atoms with Crippen LogP contribution in [0, 0.1) is 0 Å². The molecule has 0 saturated heterocycles. The molecule has 0 radical (unpaired) electrons. The molecule has 0 aliphatic rings. The molecule has 2 aromatic heterocycles. The van der Waals surface area contributed by atoms with Crippen molar-refractivity contribution in [2.45, 2.75) is 25.9 Å². The summed E-state index contributed by atoms with van der Waals surface area (Å²) in [6.07, 6.45) is 0.825. The highest BCUT2D eigenvalue weighted by Crippen LogP contribution is 2.23. The van der Waals surface area contributed by atoms with Gasteiger partial charge in [0.25, 0.3) is 5.91 Å². The lowest BCUT2D eigenvalue weighted by molar-refractivity contribution is 0.0941. The fraction of sp³-hybridized carbons (Fsp3) is 0.185. The van der Waals surface area contributed by atoms with Gasteiger partial charge in [0.1, 0.15) is 11.6 Å². The number of ether oxygens (including phenoxy) is 1. The van der Waals surface area contributed by atoms with E-state index in [-0.39, 0.29) is 11.9 Å². The number of fused-ring (bicyclic) bond motifs is 2. The van der Waals surface area contributed by atoms with Crippen LogP contribution < -0.4 is 10.1 Å². The standard InChI is InChI=1S/C27H25N3O2S/c1-19(28-27(31)25-12-6-17-33-25)26-29-23-10-4-5-11-24(23)30(26)15-7-16-32-22-14-13-20-8-2-3-9-21(20)18-22/h2-6,8-14,17-19H,7,15-16H2,1H3,(H,28,31). The molecule has 5 nitrogen and oxygen atoms in total. The Labute approximate surface area is 196 Å². The van der Waals surface area contributed by atoms with Gasteiger partial charge < -0.3 is 14.6 Å². The van der Waals surface area contributed by atoms with E-state index in [1.54, 1.807) is 0 Å². The van der Waals surface area contributed by atoms with Gasteiger partial charge in [-0.1, -0.05) is 48.5 Å². The van der Waals surface area contributed by atoms with Gasteiger partial charge in [-0.15, -0.1) is 11.3 Å². The summed E-state index contributed by atoms with van der Waals surface area (Å²) in [5.74, 6) is 1.66. The average Bonchev–Trinajstić information content (AvgIpc) is 3.50. The molecular weight excluding hydrogens is 430 g/mol. The third-order valence-electron chi connectivity index (χ3n) is 5.68. The Morgan fingerprint density at radius 3 is 2.70 bits per heavy atom. The van der Waals surface area contributed by atoms with Crippen molar-refractivity contribution in [2.24, 2.45) is 0 Å². The zero-order valence-electron chi connectivity index (χ0n) is 18.4. The normalized spacial score (nSPS) is 12.2. The van der Waals surface area contributed by atoms with Crippen molar-refractivity contribution in [1.82, 2.24) is 14.9 Å². The van der Waals surface area contributed by atoms with Gasteiger partial charge in [0.2, 0.25) is 0 Å². The van der Waals surface area contributed by atoms with E-state index in [4.69, 9.17) is 9.72 Å². The molecule has 0 spiro atoms. The van der Waals surface area contributed by atoms with Crippen LogP contribution in [0.2, 0.25) is 0 Å². The Morgan fingerprint density at radius 2 is 1.85 bits per heavy atom. The maximum absolute atomic E-state index is 12.6. The first kappa shape index (κ1) is 21.2. The number of hydrogen-bond acceptors (Lipinski definition) is 4. The number of hydrogen-bond donors (Lipinski definition) is 1. The molecular formula is C27H25N3O2S. The number of imidazole rings is 1. The molecule has 5 rings (SSSR count). The van der Waals surface area contributed by atoms with Crippen molar-refractivity contribution in [3.05, 3.63) is 94.9 Å². The molecule has 1 N–H and O–H groups in total. The number of nitrogens with zero attached hydrogens (tertiary/aromatic N) is 2. The molecule has 5 aromatic rings. The van der Waals surface area contributed by atoms with E-state index in [2.05, 4.69) is 40.2 Å².